The summed E-state index contributed by atoms with van der Waals surface area (Å²) < 4.78 is 5.87. The fourth-order valence-electron chi connectivity index (χ4n) is 3.21. The van der Waals surface area contributed by atoms with Gasteiger partial charge in [0.15, 0.2) is 6.10 Å². The van der Waals surface area contributed by atoms with E-state index in [2.05, 4.69) is 31.7 Å². The smallest absolute Gasteiger partial charge is 0.263 e. The van der Waals surface area contributed by atoms with Gasteiger partial charge >= 0.3 is 0 Å². The minimum atomic E-state index is -0.487. The molecule has 134 valence electrons. The molecule has 1 aliphatic heterocycles. The number of carbonyl (C=O) groups excluding carboxylic acids is 1. The van der Waals surface area contributed by atoms with Crippen LogP contribution in [0.3, 0.4) is 0 Å². The fraction of sp³-hybridized carbons (Fsp3) is 0.632. The van der Waals surface area contributed by atoms with Gasteiger partial charge in [0.05, 0.1) is 6.61 Å². The van der Waals surface area contributed by atoms with Crippen LogP contribution in [0.1, 0.15) is 37.8 Å². The summed E-state index contributed by atoms with van der Waals surface area (Å²) in [5.41, 5.74) is 2.50. The molecule has 0 spiro atoms. The van der Waals surface area contributed by atoms with Crippen LogP contribution < -0.4 is 4.74 Å². The fourth-order valence-corrected chi connectivity index (χ4v) is 3.21. The van der Waals surface area contributed by atoms with E-state index in [-0.39, 0.29) is 12.5 Å². The van der Waals surface area contributed by atoms with Gasteiger partial charge in [-0.05, 0) is 43.0 Å². The predicted octanol–water partition coefficient (Wildman–Crippen LogP) is 2.02. The van der Waals surface area contributed by atoms with Gasteiger partial charge in [-0.25, -0.2) is 0 Å². The number of carbonyl (C=O) groups is 1. The van der Waals surface area contributed by atoms with Crippen molar-refractivity contribution >= 4 is 5.91 Å². The molecule has 2 rings (SSSR count). The largest absolute Gasteiger partial charge is 0.481 e. The van der Waals surface area contributed by atoms with Crippen molar-refractivity contribution in [3.63, 3.8) is 0 Å². The molecule has 1 aromatic rings. The Labute approximate surface area is 145 Å². The highest BCUT2D eigenvalue weighted by Crippen LogP contribution is 2.24. The van der Waals surface area contributed by atoms with E-state index in [1.807, 2.05) is 24.0 Å². The van der Waals surface area contributed by atoms with Crippen molar-refractivity contribution in [2.75, 3.05) is 39.3 Å². The van der Waals surface area contributed by atoms with E-state index in [1.165, 1.54) is 11.1 Å². The molecule has 1 amide bonds. The van der Waals surface area contributed by atoms with Gasteiger partial charge in [0.25, 0.3) is 5.91 Å². The van der Waals surface area contributed by atoms with Crippen molar-refractivity contribution in [3.05, 3.63) is 29.3 Å². The van der Waals surface area contributed by atoms with E-state index in [1.54, 1.807) is 0 Å². The second-order valence-electron chi connectivity index (χ2n) is 6.82. The molecule has 0 aliphatic carbocycles. The maximum atomic E-state index is 12.6. The Kier molecular flexibility index (Phi) is 6.63. The van der Waals surface area contributed by atoms with Gasteiger partial charge in [0.2, 0.25) is 0 Å². The molecular formula is C19H30N2O3. The zero-order chi connectivity index (χ0) is 17.7. The first kappa shape index (κ1) is 18.7. The van der Waals surface area contributed by atoms with Gasteiger partial charge in [-0.1, -0.05) is 19.9 Å². The van der Waals surface area contributed by atoms with Crippen LogP contribution in [0.4, 0.5) is 0 Å². The number of rotatable bonds is 6. The van der Waals surface area contributed by atoms with Crippen molar-refractivity contribution in [3.8, 4) is 5.75 Å². The molecule has 0 saturated carbocycles. The number of nitrogens with zero attached hydrogens (tertiary/aromatic N) is 2. The van der Waals surface area contributed by atoms with Crippen LogP contribution in [0.2, 0.25) is 0 Å². The van der Waals surface area contributed by atoms with Crippen LogP contribution >= 0.6 is 0 Å². The van der Waals surface area contributed by atoms with Crippen LogP contribution in [-0.4, -0.2) is 66.2 Å². The van der Waals surface area contributed by atoms with Gasteiger partial charge < -0.3 is 14.7 Å². The van der Waals surface area contributed by atoms with Crippen LogP contribution in [0.15, 0.2) is 18.2 Å². The number of hydrogen-bond donors (Lipinski definition) is 1. The SMILES string of the molecule is Cc1cc(OC(C)C(=O)N2CCN(CCO)CC2)ccc1C(C)C. The molecule has 0 radical (unpaired) electrons. The molecule has 1 heterocycles. The molecule has 5 heteroatoms. The number of aryl methyl sites for hydroxylation is 1. The Morgan fingerprint density at radius 3 is 2.42 bits per heavy atom. The molecule has 1 N–H and O–H groups in total. The quantitative estimate of drug-likeness (QED) is 0.865. The molecule has 24 heavy (non-hydrogen) atoms. The van der Waals surface area contributed by atoms with E-state index >= 15 is 0 Å². The van der Waals surface area contributed by atoms with Gasteiger partial charge in [-0.3, -0.25) is 9.69 Å². The Balaban J connectivity index is 1.91. The first-order valence-corrected chi connectivity index (χ1v) is 8.81. The third kappa shape index (κ3) is 4.71. The van der Waals surface area contributed by atoms with Crippen molar-refractivity contribution in [1.29, 1.82) is 0 Å². The summed E-state index contributed by atoms with van der Waals surface area (Å²) in [5, 5.41) is 8.98. The maximum absolute atomic E-state index is 12.6. The number of benzene rings is 1. The Morgan fingerprint density at radius 2 is 1.88 bits per heavy atom. The second kappa shape index (κ2) is 8.49. The van der Waals surface area contributed by atoms with Crippen LogP contribution in [-0.2, 0) is 4.79 Å². The summed E-state index contributed by atoms with van der Waals surface area (Å²) in [5.74, 6) is 1.26. The molecule has 5 nitrogen and oxygen atoms in total. The van der Waals surface area contributed by atoms with Gasteiger partial charge in [0, 0.05) is 32.7 Å². The summed E-state index contributed by atoms with van der Waals surface area (Å²) >= 11 is 0. The Morgan fingerprint density at radius 1 is 1.21 bits per heavy atom. The highest BCUT2D eigenvalue weighted by atomic mass is 16.5. The van der Waals surface area contributed by atoms with E-state index in [0.29, 0.717) is 25.6 Å². The zero-order valence-corrected chi connectivity index (χ0v) is 15.3. The molecule has 1 aromatic carbocycles. The number of amides is 1. The number of aliphatic hydroxyl groups is 1. The van der Waals surface area contributed by atoms with Crippen molar-refractivity contribution < 1.29 is 14.6 Å². The zero-order valence-electron chi connectivity index (χ0n) is 15.3. The van der Waals surface area contributed by atoms with Crippen LogP contribution in [0.5, 0.6) is 5.75 Å². The van der Waals surface area contributed by atoms with Crippen LogP contribution in [0, 0.1) is 6.92 Å². The molecule has 1 unspecified atom stereocenters. The van der Waals surface area contributed by atoms with Crippen molar-refractivity contribution in [2.45, 2.75) is 39.7 Å². The lowest BCUT2D eigenvalue weighted by molar-refractivity contribution is -0.139. The van der Waals surface area contributed by atoms with Gasteiger partial charge in [-0.15, -0.1) is 0 Å². The van der Waals surface area contributed by atoms with Gasteiger partial charge in [-0.2, -0.15) is 0 Å². The first-order chi connectivity index (χ1) is 11.4. The lowest BCUT2D eigenvalue weighted by Gasteiger charge is -2.35. The van der Waals surface area contributed by atoms with Gasteiger partial charge in [0.1, 0.15) is 5.75 Å². The highest BCUT2D eigenvalue weighted by molar-refractivity contribution is 5.81. The summed E-state index contributed by atoms with van der Waals surface area (Å²) in [6, 6.07) is 6.05. The number of aliphatic hydroxyl groups excluding tert-OH is 1. The number of piperazine rings is 1. The molecule has 1 saturated heterocycles. The predicted molar refractivity (Wildman–Crippen MR) is 95.5 cm³/mol. The third-order valence-electron chi connectivity index (χ3n) is 4.62. The lowest BCUT2D eigenvalue weighted by Crippen LogP contribution is -2.52. The van der Waals surface area contributed by atoms with Crippen molar-refractivity contribution in [1.82, 2.24) is 9.80 Å². The third-order valence-corrected chi connectivity index (χ3v) is 4.62. The van der Waals surface area contributed by atoms with Crippen LogP contribution in [0.25, 0.3) is 0 Å². The van der Waals surface area contributed by atoms with E-state index in [0.717, 1.165) is 18.8 Å². The molecule has 1 fully saturated rings. The van der Waals surface area contributed by atoms with Crippen molar-refractivity contribution in [2.24, 2.45) is 0 Å². The average Bonchev–Trinajstić information content (AvgIpc) is 2.55. The topological polar surface area (TPSA) is 53.0 Å². The number of hydrogen-bond acceptors (Lipinski definition) is 4. The number of β-amino-alcohol motifs (C(OH)–C–C–N with tert-alkyl or cyclic N) is 1. The maximum Gasteiger partial charge on any atom is 0.263 e. The molecule has 0 aromatic heterocycles. The second-order valence-corrected chi connectivity index (χ2v) is 6.82. The highest BCUT2D eigenvalue weighted by Gasteiger charge is 2.25. The summed E-state index contributed by atoms with van der Waals surface area (Å²) in [4.78, 5) is 16.6. The first-order valence-electron chi connectivity index (χ1n) is 8.81. The molecule has 1 atom stereocenters. The Hall–Kier alpha value is -1.59. The summed E-state index contributed by atoms with van der Waals surface area (Å²) in [6.45, 7) is 12.1. The Bertz CT molecular complexity index is 552. The monoisotopic (exact) mass is 334 g/mol. The lowest BCUT2D eigenvalue weighted by atomic mass is 9.98. The van der Waals surface area contributed by atoms with E-state index in [4.69, 9.17) is 9.84 Å². The summed E-state index contributed by atoms with van der Waals surface area (Å²) in [7, 11) is 0. The minimum absolute atomic E-state index is 0.0317. The summed E-state index contributed by atoms with van der Waals surface area (Å²) in [6.07, 6.45) is -0.487. The molecular weight excluding hydrogens is 304 g/mol. The van der Waals surface area contributed by atoms with E-state index in [9.17, 15) is 4.79 Å². The average molecular weight is 334 g/mol. The van der Waals surface area contributed by atoms with E-state index < -0.39 is 6.10 Å². The molecule has 1 aliphatic rings. The normalized spacial score (nSPS) is 17.2. The standard InChI is InChI=1S/C19H30N2O3/c1-14(2)18-6-5-17(13-15(18)3)24-16(4)19(23)21-9-7-20(8-10-21)11-12-22/h5-6,13-14,16,22H,7-12H2,1-4H3. The molecule has 0 bridgehead atoms. The minimum Gasteiger partial charge on any atom is -0.481 e. The number of ether oxygens (including phenoxy) is 1.